The highest BCUT2D eigenvalue weighted by molar-refractivity contribution is 5.72. The molecule has 0 aromatic heterocycles. The summed E-state index contributed by atoms with van der Waals surface area (Å²) in [5.74, 6) is -0.356. The van der Waals surface area contributed by atoms with E-state index in [1.54, 1.807) is 24.3 Å². The third-order valence-electron chi connectivity index (χ3n) is 5.10. The third-order valence-corrected chi connectivity index (χ3v) is 5.10. The Balaban J connectivity index is 1.45. The number of hydrogen-bond acceptors (Lipinski definition) is 3. The van der Waals surface area contributed by atoms with Crippen molar-refractivity contribution in [2.24, 2.45) is 0 Å². The molecule has 4 aromatic carbocycles. The van der Waals surface area contributed by atoms with E-state index < -0.39 is 12.3 Å². The minimum atomic E-state index is -1.45. The van der Waals surface area contributed by atoms with Gasteiger partial charge in [-0.25, -0.2) is 4.79 Å². The van der Waals surface area contributed by atoms with Crippen LogP contribution in [0.1, 0.15) is 11.1 Å². The van der Waals surface area contributed by atoms with Crippen LogP contribution in [0.2, 0.25) is 0 Å². The molecule has 0 bridgehead atoms. The van der Waals surface area contributed by atoms with Crippen LogP contribution in [0.4, 0.5) is 0 Å². The molecule has 0 aliphatic carbocycles. The highest BCUT2D eigenvalue weighted by atomic mass is 16.7. The number of hydrogen-bond donors (Lipinski definition) is 1. The van der Waals surface area contributed by atoms with Crippen molar-refractivity contribution in [2.45, 2.75) is 20.1 Å². The maximum Gasteiger partial charge on any atom is 0.387 e. The van der Waals surface area contributed by atoms with Gasteiger partial charge < -0.3 is 14.6 Å². The molecule has 0 unspecified atom stereocenters. The van der Waals surface area contributed by atoms with Crippen molar-refractivity contribution in [2.75, 3.05) is 0 Å². The lowest BCUT2D eigenvalue weighted by atomic mass is 10.0. The van der Waals surface area contributed by atoms with Crippen LogP contribution in [-0.4, -0.2) is 17.4 Å². The first kappa shape index (κ1) is 21.2. The van der Waals surface area contributed by atoms with Gasteiger partial charge in [0.2, 0.25) is 0 Å². The molecule has 4 nitrogen and oxygen atoms in total. The first-order valence-corrected chi connectivity index (χ1v) is 10.4. The largest absolute Gasteiger partial charge is 0.476 e. The van der Waals surface area contributed by atoms with Crippen molar-refractivity contribution in [3.8, 4) is 33.8 Å². The van der Waals surface area contributed by atoms with E-state index in [0.717, 1.165) is 22.3 Å². The summed E-state index contributed by atoms with van der Waals surface area (Å²) in [6.07, 6.45) is -1.45. The molecule has 0 aliphatic rings. The van der Waals surface area contributed by atoms with Crippen LogP contribution in [0.25, 0.3) is 22.3 Å². The van der Waals surface area contributed by atoms with Crippen LogP contribution in [-0.2, 0) is 4.79 Å². The molecule has 1 N–H and O–H groups in total. The average molecular weight is 424 g/mol. The first-order valence-electron chi connectivity index (χ1n) is 10.4. The van der Waals surface area contributed by atoms with Crippen LogP contribution < -0.4 is 9.47 Å². The molecule has 0 atom stereocenters. The van der Waals surface area contributed by atoms with E-state index in [4.69, 9.17) is 9.47 Å². The van der Waals surface area contributed by atoms with E-state index in [1.165, 1.54) is 11.1 Å². The molecule has 160 valence electrons. The van der Waals surface area contributed by atoms with Gasteiger partial charge in [0.25, 0.3) is 0 Å². The molecule has 4 heteroatoms. The van der Waals surface area contributed by atoms with E-state index in [-0.39, 0.29) is 0 Å². The summed E-state index contributed by atoms with van der Waals surface area (Å²) in [6.45, 7) is 4.09. The fourth-order valence-electron chi connectivity index (χ4n) is 3.47. The first-order chi connectivity index (χ1) is 15.5. The summed E-state index contributed by atoms with van der Waals surface area (Å²) in [6, 6.07) is 31.0. The molecule has 0 saturated carbocycles. The quantitative estimate of drug-likeness (QED) is 0.344. The zero-order chi connectivity index (χ0) is 22.5. The molecular weight excluding hydrogens is 400 g/mol. The number of aryl methyl sites for hydroxylation is 2. The van der Waals surface area contributed by atoms with Crippen LogP contribution in [0.3, 0.4) is 0 Å². The number of rotatable bonds is 7. The Bertz CT molecular complexity index is 1120. The van der Waals surface area contributed by atoms with Gasteiger partial charge in [-0.3, -0.25) is 0 Å². The van der Waals surface area contributed by atoms with Crippen molar-refractivity contribution in [3.63, 3.8) is 0 Å². The fraction of sp³-hybridized carbons (Fsp3) is 0.107. The van der Waals surface area contributed by atoms with Crippen molar-refractivity contribution in [1.29, 1.82) is 0 Å². The number of carboxylic acids is 1. The summed E-state index contributed by atoms with van der Waals surface area (Å²) < 4.78 is 11.2. The number of aliphatic carboxylic acids is 1. The van der Waals surface area contributed by atoms with E-state index in [1.807, 2.05) is 74.5 Å². The van der Waals surface area contributed by atoms with Gasteiger partial charge in [-0.2, -0.15) is 0 Å². The minimum absolute atomic E-state index is 0.421. The predicted molar refractivity (Wildman–Crippen MR) is 126 cm³/mol. The van der Waals surface area contributed by atoms with E-state index in [2.05, 4.69) is 12.1 Å². The lowest BCUT2D eigenvalue weighted by Gasteiger charge is -2.17. The molecule has 4 aromatic rings. The molecular formula is C28H24O4. The molecule has 0 fully saturated rings. The Kier molecular flexibility index (Phi) is 6.22. The van der Waals surface area contributed by atoms with Crippen LogP contribution in [0.15, 0.2) is 97.1 Å². The molecule has 0 heterocycles. The summed E-state index contributed by atoms with van der Waals surface area (Å²) in [5, 5.41) is 9.57. The smallest absolute Gasteiger partial charge is 0.387 e. The Morgan fingerprint density at radius 1 is 0.625 bits per heavy atom. The summed E-state index contributed by atoms with van der Waals surface area (Å²) in [7, 11) is 0. The molecule has 0 saturated heterocycles. The van der Waals surface area contributed by atoms with Gasteiger partial charge >= 0.3 is 12.3 Å². The van der Waals surface area contributed by atoms with Crippen molar-refractivity contribution < 1.29 is 19.4 Å². The molecule has 4 rings (SSSR count). The highest BCUT2D eigenvalue weighted by Crippen LogP contribution is 2.26. The molecule has 32 heavy (non-hydrogen) atoms. The second kappa shape index (κ2) is 9.40. The average Bonchev–Trinajstić information content (AvgIpc) is 2.79. The topological polar surface area (TPSA) is 55.8 Å². The van der Waals surface area contributed by atoms with Gasteiger partial charge in [0.1, 0.15) is 11.5 Å². The predicted octanol–water partition coefficient (Wildman–Crippen LogP) is 6.51. The SMILES string of the molecule is Cc1cccc(-c2ccc(OC(Oc3ccc(-c4cccc(C)c4)cc3)C(=O)O)cc2)c1. The number of carbonyl (C=O) groups is 1. The van der Waals surface area contributed by atoms with Crippen molar-refractivity contribution in [3.05, 3.63) is 108 Å². The standard InChI is InChI=1S/C28H24O4/c1-19-5-3-7-23(17-19)21-9-13-25(14-10-21)31-28(27(29)30)32-26-15-11-22(12-16-26)24-8-4-6-20(2)18-24/h3-18,28H,1-2H3,(H,29,30). The Morgan fingerprint density at radius 2 is 1.03 bits per heavy atom. The van der Waals surface area contributed by atoms with Crippen LogP contribution in [0, 0.1) is 13.8 Å². The third kappa shape index (κ3) is 5.16. The van der Waals surface area contributed by atoms with Gasteiger partial charge in [-0.05, 0) is 60.4 Å². The second-order valence-electron chi connectivity index (χ2n) is 7.69. The number of carboxylic acid groups (broad SMARTS) is 1. The van der Waals surface area contributed by atoms with Gasteiger partial charge in [-0.1, -0.05) is 83.9 Å². The zero-order valence-electron chi connectivity index (χ0n) is 18.0. The van der Waals surface area contributed by atoms with Crippen molar-refractivity contribution in [1.82, 2.24) is 0 Å². The lowest BCUT2D eigenvalue weighted by Crippen LogP contribution is -2.33. The summed E-state index contributed by atoms with van der Waals surface area (Å²) >= 11 is 0. The monoisotopic (exact) mass is 424 g/mol. The highest BCUT2D eigenvalue weighted by Gasteiger charge is 2.21. The molecule has 0 amide bonds. The van der Waals surface area contributed by atoms with Gasteiger partial charge in [0.05, 0.1) is 0 Å². The summed E-state index contributed by atoms with van der Waals surface area (Å²) in [4.78, 5) is 11.7. The molecule has 0 spiro atoms. The number of ether oxygens (including phenoxy) is 2. The maximum absolute atomic E-state index is 11.7. The zero-order valence-corrected chi connectivity index (χ0v) is 18.0. The summed E-state index contributed by atoms with van der Waals surface area (Å²) in [5.41, 5.74) is 6.60. The minimum Gasteiger partial charge on any atom is -0.476 e. The number of benzene rings is 4. The van der Waals surface area contributed by atoms with Crippen molar-refractivity contribution >= 4 is 5.97 Å². The maximum atomic E-state index is 11.7. The fourth-order valence-corrected chi connectivity index (χ4v) is 3.47. The van der Waals surface area contributed by atoms with E-state index >= 15 is 0 Å². The van der Waals surface area contributed by atoms with Gasteiger partial charge in [0, 0.05) is 0 Å². The van der Waals surface area contributed by atoms with Crippen LogP contribution >= 0.6 is 0 Å². The van der Waals surface area contributed by atoms with E-state index in [0.29, 0.717) is 11.5 Å². The molecule has 0 radical (unpaired) electrons. The van der Waals surface area contributed by atoms with Crippen LogP contribution in [0.5, 0.6) is 11.5 Å². The van der Waals surface area contributed by atoms with Gasteiger partial charge in [-0.15, -0.1) is 0 Å². The normalized spacial score (nSPS) is 10.7. The molecule has 0 aliphatic heterocycles. The van der Waals surface area contributed by atoms with E-state index in [9.17, 15) is 9.90 Å². The second-order valence-corrected chi connectivity index (χ2v) is 7.69. The van der Waals surface area contributed by atoms with Gasteiger partial charge in [0.15, 0.2) is 0 Å². The Labute approximate surface area is 187 Å². The Hall–Kier alpha value is -4.05. The Morgan fingerprint density at radius 3 is 1.38 bits per heavy atom. The lowest BCUT2D eigenvalue weighted by molar-refractivity contribution is -0.158.